The van der Waals surface area contributed by atoms with Gasteiger partial charge in [0, 0.05) is 26.2 Å². The first-order valence-electron chi connectivity index (χ1n) is 7.16. The highest BCUT2D eigenvalue weighted by Crippen LogP contribution is 2.07. The summed E-state index contributed by atoms with van der Waals surface area (Å²) in [4.78, 5) is 2.28. The van der Waals surface area contributed by atoms with Crippen molar-refractivity contribution in [1.29, 1.82) is 0 Å². The maximum atomic E-state index is 5.65. The summed E-state index contributed by atoms with van der Waals surface area (Å²) >= 11 is 0. The van der Waals surface area contributed by atoms with Crippen LogP contribution in [-0.2, 0) is 17.8 Å². The third-order valence-corrected chi connectivity index (χ3v) is 3.14. The van der Waals surface area contributed by atoms with Gasteiger partial charge in [0.2, 0.25) is 0 Å². The van der Waals surface area contributed by atoms with Crippen LogP contribution in [0.25, 0.3) is 0 Å². The topological polar surface area (TPSA) is 38.5 Å². The Hall–Kier alpha value is -0.900. The van der Waals surface area contributed by atoms with E-state index >= 15 is 0 Å². The Bertz CT molecular complexity index is 352. The van der Waals surface area contributed by atoms with E-state index in [2.05, 4.69) is 50.1 Å². The average molecular weight is 264 g/mol. The van der Waals surface area contributed by atoms with Gasteiger partial charge in [0.1, 0.15) is 0 Å². The molecule has 19 heavy (non-hydrogen) atoms. The van der Waals surface area contributed by atoms with Crippen LogP contribution in [0, 0.1) is 5.92 Å². The third kappa shape index (κ3) is 7.31. The summed E-state index contributed by atoms with van der Waals surface area (Å²) < 4.78 is 5.64. The van der Waals surface area contributed by atoms with E-state index in [1.54, 1.807) is 0 Å². The summed E-state index contributed by atoms with van der Waals surface area (Å²) in [6, 6.07) is 8.47. The molecule has 0 aliphatic carbocycles. The molecule has 0 saturated carbocycles. The van der Waals surface area contributed by atoms with Crippen LogP contribution in [0.3, 0.4) is 0 Å². The van der Waals surface area contributed by atoms with E-state index in [0.29, 0.717) is 6.54 Å². The van der Waals surface area contributed by atoms with Crippen molar-refractivity contribution in [1.82, 2.24) is 4.90 Å². The molecule has 0 saturated heterocycles. The molecule has 0 fully saturated rings. The fourth-order valence-corrected chi connectivity index (χ4v) is 1.89. The molecule has 1 aromatic carbocycles. The quantitative estimate of drug-likeness (QED) is 0.697. The number of nitrogens with zero attached hydrogens (tertiary/aromatic N) is 1. The fraction of sp³-hybridized carbons (Fsp3) is 0.625. The Balaban J connectivity index is 2.21. The fourth-order valence-electron chi connectivity index (χ4n) is 1.89. The summed E-state index contributed by atoms with van der Waals surface area (Å²) in [7, 11) is 2.13. The number of nitrogens with two attached hydrogens (primary N) is 1. The smallest absolute Gasteiger partial charge is 0.0593 e. The zero-order chi connectivity index (χ0) is 14.1. The Morgan fingerprint density at radius 1 is 1.21 bits per heavy atom. The van der Waals surface area contributed by atoms with Gasteiger partial charge in [-0.2, -0.15) is 0 Å². The Morgan fingerprint density at radius 3 is 2.63 bits per heavy atom. The molecule has 1 aromatic rings. The molecule has 1 rings (SSSR count). The second-order valence-electron chi connectivity index (χ2n) is 5.56. The second-order valence-corrected chi connectivity index (χ2v) is 5.56. The van der Waals surface area contributed by atoms with Crippen molar-refractivity contribution < 1.29 is 4.74 Å². The molecule has 0 radical (unpaired) electrons. The van der Waals surface area contributed by atoms with Crippen molar-refractivity contribution in [3.05, 3.63) is 35.4 Å². The van der Waals surface area contributed by atoms with Crippen molar-refractivity contribution in [3.8, 4) is 0 Å². The summed E-state index contributed by atoms with van der Waals surface area (Å²) in [5.74, 6) is 0.719. The van der Waals surface area contributed by atoms with Crippen LogP contribution in [-0.4, -0.2) is 31.7 Å². The number of benzene rings is 1. The van der Waals surface area contributed by atoms with E-state index in [9.17, 15) is 0 Å². The van der Waals surface area contributed by atoms with Crippen LogP contribution in [0.2, 0.25) is 0 Å². The van der Waals surface area contributed by atoms with E-state index < -0.39 is 0 Å². The van der Waals surface area contributed by atoms with Crippen molar-refractivity contribution in [2.45, 2.75) is 33.4 Å². The first-order valence-corrected chi connectivity index (χ1v) is 7.16. The lowest BCUT2D eigenvalue weighted by atomic mass is 10.1. The summed E-state index contributed by atoms with van der Waals surface area (Å²) in [5.41, 5.74) is 8.16. The van der Waals surface area contributed by atoms with E-state index in [1.807, 2.05) is 0 Å². The number of rotatable bonds is 9. The minimum atomic E-state index is 0.607. The molecule has 108 valence electrons. The Kier molecular flexibility index (Phi) is 7.72. The number of likely N-dealkylation sites (N-methyl/N-ethyl adjacent to an activating group) is 1. The van der Waals surface area contributed by atoms with Gasteiger partial charge >= 0.3 is 0 Å². The third-order valence-electron chi connectivity index (χ3n) is 3.14. The van der Waals surface area contributed by atoms with Crippen LogP contribution < -0.4 is 5.73 Å². The van der Waals surface area contributed by atoms with Crippen LogP contribution in [0.4, 0.5) is 0 Å². The largest absolute Gasteiger partial charge is 0.380 e. The number of hydrogen-bond acceptors (Lipinski definition) is 3. The molecule has 0 aliphatic heterocycles. The van der Waals surface area contributed by atoms with Gasteiger partial charge in [0.25, 0.3) is 0 Å². The minimum Gasteiger partial charge on any atom is -0.380 e. The van der Waals surface area contributed by atoms with Crippen molar-refractivity contribution in [3.63, 3.8) is 0 Å². The van der Waals surface area contributed by atoms with Gasteiger partial charge in [-0.05, 0) is 30.5 Å². The highest BCUT2D eigenvalue weighted by molar-refractivity contribution is 5.23. The lowest BCUT2D eigenvalue weighted by molar-refractivity contribution is 0.101. The molecule has 2 N–H and O–H groups in total. The molecule has 0 atom stereocenters. The van der Waals surface area contributed by atoms with Crippen LogP contribution in [0.1, 0.15) is 31.4 Å². The highest BCUT2D eigenvalue weighted by Gasteiger charge is 2.01. The monoisotopic (exact) mass is 264 g/mol. The highest BCUT2D eigenvalue weighted by atomic mass is 16.5. The zero-order valence-corrected chi connectivity index (χ0v) is 12.6. The van der Waals surface area contributed by atoms with Gasteiger partial charge in [-0.25, -0.2) is 0 Å². The SMILES string of the molecule is CC(C)CCOCCN(C)Cc1cccc(CN)c1. The first kappa shape index (κ1) is 16.2. The van der Waals surface area contributed by atoms with Crippen molar-refractivity contribution in [2.24, 2.45) is 11.7 Å². The summed E-state index contributed by atoms with van der Waals surface area (Å²) in [6.07, 6.45) is 1.14. The first-order chi connectivity index (χ1) is 9.11. The van der Waals surface area contributed by atoms with Crippen LogP contribution >= 0.6 is 0 Å². The Morgan fingerprint density at radius 2 is 1.95 bits per heavy atom. The zero-order valence-electron chi connectivity index (χ0n) is 12.6. The van der Waals surface area contributed by atoms with Crippen LogP contribution in [0.15, 0.2) is 24.3 Å². The lowest BCUT2D eigenvalue weighted by Gasteiger charge is -2.17. The van der Waals surface area contributed by atoms with E-state index in [4.69, 9.17) is 10.5 Å². The average Bonchev–Trinajstić information content (AvgIpc) is 2.38. The molecule has 0 spiro atoms. The summed E-state index contributed by atoms with van der Waals surface area (Å²) in [5, 5.41) is 0. The number of ether oxygens (including phenoxy) is 1. The predicted octanol–water partition coefficient (Wildman–Crippen LogP) is 2.64. The van der Waals surface area contributed by atoms with Crippen molar-refractivity contribution >= 4 is 0 Å². The van der Waals surface area contributed by atoms with E-state index in [1.165, 1.54) is 11.1 Å². The molecule has 0 unspecified atom stereocenters. The molecule has 0 aromatic heterocycles. The molecular formula is C16H28N2O. The molecule has 0 amide bonds. The van der Waals surface area contributed by atoms with E-state index in [-0.39, 0.29) is 0 Å². The molecule has 0 heterocycles. The van der Waals surface area contributed by atoms with Gasteiger partial charge in [-0.3, -0.25) is 4.90 Å². The van der Waals surface area contributed by atoms with Crippen LogP contribution in [0.5, 0.6) is 0 Å². The molecule has 3 nitrogen and oxygen atoms in total. The predicted molar refractivity (Wildman–Crippen MR) is 80.9 cm³/mol. The second kappa shape index (κ2) is 9.08. The molecule has 0 bridgehead atoms. The van der Waals surface area contributed by atoms with Crippen molar-refractivity contribution in [2.75, 3.05) is 26.8 Å². The van der Waals surface area contributed by atoms with Gasteiger partial charge < -0.3 is 10.5 Å². The van der Waals surface area contributed by atoms with E-state index in [0.717, 1.165) is 38.6 Å². The van der Waals surface area contributed by atoms with Gasteiger partial charge in [-0.1, -0.05) is 38.1 Å². The van der Waals surface area contributed by atoms with Gasteiger partial charge in [0.15, 0.2) is 0 Å². The maximum Gasteiger partial charge on any atom is 0.0593 e. The minimum absolute atomic E-state index is 0.607. The lowest BCUT2D eigenvalue weighted by Crippen LogP contribution is -2.23. The molecule has 3 heteroatoms. The number of hydrogen-bond donors (Lipinski definition) is 1. The standard InChI is InChI=1S/C16H28N2O/c1-14(2)7-9-19-10-8-18(3)13-16-6-4-5-15(11-16)12-17/h4-6,11,14H,7-10,12-13,17H2,1-3H3. The Labute approximate surface area is 117 Å². The molecule has 0 aliphatic rings. The maximum absolute atomic E-state index is 5.65. The van der Waals surface area contributed by atoms with Gasteiger partial charge in [-0.15, -0.1) is 0 Å². The van der Waals surface area contributed by atoms with Gasteiger partial charge in [0.05, 0.1) is 6.61 Å². The normalized spacial score (nSPS) is 11.5. The summed E-state index contributed by atoms with van der Waals surface area (Å²) in [6.45, 7) is 8.63. The molecular weight excluding hydrogens is 236 g/mol.